The topological polar surface area (TPSA) is 15.3 Å². The third-order valence-electron chi connectivity index (χ3n) is 3.52. The Morgan fingerprint density at radius 1 is 1.00 bits per heavy atom. The summed E-state index contributed by atoms with van der Waals surface area (Å²) in [5.41, 5.74) is 2.86. The fourth-order valence-corrected chi connectivity index (χ4v) is 2.43. The van der Waals surface area contributed by atoms with E-state index in [-0.39, 0.29) is 0 Å². The SMILES string of the molecule is CCCNCCc1ccc(CN(CC)CC(C)C)cc1. The Morgan fingerprint density at radius 2 is 1.65 bits per heavy atom. The molecule has 0 heterocycles. The number of hydrogen-bond donors (Lipinski definition) is 1. The van der Waals surface area contributed by atoms with Crippen LogP contribution in [0.1, 0.15) is 45.2 Å². The molecule has 0 aliphatic rings. The molecule has 114 valence electrons. The van der Waals surface area contributed by atoms with Crippen molar-refractivity contribution in [2.75, 3.05) is 26.2 Å². The molecule has 2 nitrogen and oxygen atoms in total. The molecule has 0 saturated heterocycles. The monoisotopic (exact) mass is 276 g/mol. The zero-order valence-corrected chi connectivity index (χ0v) is 13.8. The van der Waals surface area contributed by atoms with E-state index in [1.165, 1.54) is 24.1 Å². The van der Waals surface area contributed by atoms with Crippen molar-refractivity contribution in [1.29, 1.82) is 0 Å². The second kappa shape index (κ2) is 9.95. The molecule has 0 unspecified atom stereocenters. The molecule has 1 aromatic rings. The third-order valence-corrected chi connectivity index (χ3v) is 3.52. The largest absolute Gasteiger partial charge is 0.316 e. The number of hydrogen-bond acceptors (Lipinski definition) is 2. The predicted octanol–water partition coefficient (Wildman–Crippen LogP) is 3.71. The highest BCUT2D eigenvalue weighted by atomic mass is 15.1. The first kappa shape index (κ1) is 17.2. The minimum Gasteiger partial charge on any atom is -0.316 e. The Balaban J connectivity index is 2.40. The maximum Gasteiger partial charge on any atom is 0.0233 e. The molecule has 2 heteroatoms. The zero-order chi connectivity index (χ0) is 14.8. The Kier molecular flexibility index (Phi) is 8.56. The van der Waals surface area contributed by atoms with E-state index in [9.17, 15) is 0 Å². The predicted molar refractivity (Wildman–Crippen MR) is 89.1 cm³/mol. The van der Waals surface area contributed by atoms with Crippen LogP contribution in [0.15, 0.2) is 24.3 Å². The van der Waals surface area contributed by atoms with Crippen molar-refractivity contribution >= 4 is 0 Å². The van der Waals surface area contributed by atoms with Crippen molar-refractivity contribution in [3.05, 3.63) is 35.4 Å². The molecule has 0 amide bonds. The van der Waals surface area contributed by atoms with Gasteiger partial charge < -0.3 is 5.32 Å². The lowest BCUT2D eigenvalue weighted by atomic mass is 10.1. The van der Waals surface area contributed by atoms with Gasteiger partial charge in [-0.3, -0.25) is 4.90 Å². The molecule has 1 rings (SSSR count). The quantitative estimate of drug-likeness (QED) is 0.655. The molecular formula is C18H32N2. The summed E-state index contributed by atoms with van der Waals surface area (Å²) in [5.74, 6) is 0.735. The molecule has 0 fully saturated rings. The van der Waals surface area contributed by atoms with Crippen molar-refractivity contribution < 1.29 is 0 Å². The number of nitrogens with one attached hydrogen (secondary N) is 1. The number of rotatable bonds is 10. The lowest BCUT2D eigenvalue weighted by molar-refractivity contribution is 0.248. The van der Waals surface area contributed by atoms with Gasteiger partial charge in [0.1, 0.15) is 0 Å². The molecule has 1 aromatic carbocycles. The van der Waals surface area contributed by atoms with Gasteiger partial charge in [0.25, 0.3) is 0 Å². The van der Waals surface area contributed by atoms with Gasteiger partial charge in [0.2, 0.25) is 0 Å². The van der Waals surface area contributed by atoms with Crippen molar-refractivity contribution in [2.24, 2.45) is 5.92 Å². The summed E-state index contributed by atoms with van der Waals surface area (Å²) in [6.45, 7) is 14.6. The van der Waals surface area contributed by atoms with Gasteiger partial charge in [0.05, 0.1) is 0 Å². The molecule has 0 radical (unpaired) electrons. The van der Waals surface area contributed by atoms with E-state index in [1.807, 2.05) is 0 Å². The van der Waals surface area contributed by atoms with Crippen molar-refractivity contribution in [3.63, 3.8) is 0 Å². The van der Waals surface area contributed by atoms with Gasteiger partial charge in [0.15, 0.2) is 0 Å². The molecular weight excluding hydrogens is 244 g/mol. The van der Waals surface area contributed by atoms with Gasteiger partial charge in [0, 0.05) is 13.1 Å². The average molecular weight is 276 g/mol. The fraction of sp³-hybridized carbons (Fsp3) is 0.667. The van der Waals surface area contributed by atoms with Gasteiger partial charge in [-0.05, 0) is 49.5 Å². The van der Waals surface area contributed by atoms with Crippen LogP contribution >= 0.6 is 0 Å². The van der Waals surface area contributed by atoms with Crippen LogP contribution in [0.25, 0.3) is 0 Å². The van der Waals surface area contributed by atoms with E-state index in [4.69, 9.17) is 0 Å². The Hall–Kier alpha value is -0.860. The average Bonchev–Trinajstić information content (AvgIpc) is 2.44. The maximum absolute atomic E-state index is 3.45. The van der Waals surface area contributed by atoms with Crippen LogP contribution in [0.4, 0.5) is 0 Å². The molecule has 0 aromatic heterocycles. The molecule has 1 N–H and O–H groups in total. The van der Waals surface area contributed by atoms with Crippen molar-refractivity contribution in [3.8, 4) is 0 Å². The standard InChI is InChI=1S/C18H32N2/c1-5-12-19-13-11-17-7-9-18(10-8-17)15-20(6-2)14-16(3)4/h7-10,16,19H,5-6,11-15H2,1-4H3. The molecule has 0 saturated carbocycles. The maximum atomic E-state index is 3.45. The Labute approximate surface area is 125 Å². The third kappa shape index (κ3) is 7.06. The van der Waals surface area contributed by atoms with Gasteiger partial charge in [-0.15, -0.1) is 0 Å². The molecule has 0 aliphatic carbocycles. The van der Waals surface area contributed by atoms with E-state index < -0.39 is 0 Å². The summed E-state index contributed by atoms with van der Waals surface area (Å²) in [5, 5.41) is 3.45. The van der Waals surface area contributed by atoms with E-state index in [0.29, 0.717) is 0 Å². The van der Waals surface area contributed by atoms with E-state index >= 15 is 0 Å². The second-order valence-corrected chi connectivity index (χ2v) is 6.04. The lowest BCUT2D eigenvalue weighted by Crippen LogP contribution is -2.27. The molecule has 0 atom stereocenters. The van der Waals surface area contributed by atoms with Crippen molar-refractivity contribution in [2.45, 2.75) is 47.1 Å². The first-order valence-electron chi connectivity index (χ1n) is 8.16. The first-order chi connectivity index (χ1) is 9.65. The van der Waals surface area contributed by atoms with Crippen LogP contribution in [0.2, 0.25) is 0 Å². The van der Waals surface area contributed by atoms with Crippen LogP contribution in [-0.2, 0) is 13.0 Å². The smallest absolute Gasteiger partial charge is 0.0233 e. The highest BCUT2D eigenvalue weighted by Gasteiger charge is 2.06. The first-order valence-corrected chi connectivity index (χ1v) is 8.16. The zero-order valence-electron chi connectivity index (χ0n) is 13.8. The Morgan fingerprint density at radius 3 is 2.20 bits per heavy atom. The number of benzene rings is 1. The summed E-state index contributed by atoms with van der Waals surface area (Å²) < 4.78 is 0. The van der Waals surface area contributed by atoms with Gasteiger partial charge in [-0.25, -0.2) is 0 Å². The minimum absolute atomic E-state index is 0.735. The molecule has 0 aliphatic heterocycles. The number of nitrogens with zero attached hydrogens (tertiary/aromatic N) is 1. The Bertz CT molecular complexity index is 343. The summed E-state index contributed by atoms with van der Waals surface area (Å²) in [7, 11) is 0. The van der Waals surface area contributed by atoms with Crippen molar-refractivity contribution in [1.82, 2.24) is 10.2 Å². The fourth-order valence-electron chi connectivity index (χ4n) is 2.43. The van der Waals surface area contributed by atoms with Crippen LogP contribution in [-0.4, -0.2) is 31.1 Å². The summed E-state index contributed by atoms with van der Waals surface area (Å²) in [6.07, 6.45) is 2.34. The molecule has 0 spiro atoms. The van der Waals surface area contributed by atoms with E-state index in [0.717, 1.165) is 38.5 Å². The second-order valence-electron chi connectivity index (χ2n) is 6.04. The summed E-state index contributed by atoms with van der Waals surface area (Å²) in [6, 6.07) is 9.15. The van der Waals surface area contributed by atoms with E-state index in [2.05, 4.69) is 62.2 Å². The van der Waals surface area contributed by atoms with E-state index in [1.54, 1.807) is 0 Å². The van der Waals surface area contributed by atoms with Crippen LogP contribution < -0.4 is 5.32 Å². The van der Waals surface area contributed by atoms with Gasteiger partial charge in [-0.1, -0.05) is 52.0 Å². The molecule has 0 bridgehead atoms. The summed E-state index contributed by atoms with van der Waals surface area (Å²) in [4.78, 5) is 2.52. The highest BCUT2D eigenvalue weighted by molar-refractivity contribution is 5.22. The lowest BCUT2D eigenvalue weighted by Gasteiger charge is -2.22. The highest BCUT2D eigenvalue weighted by Crippen LogP contribution is 2.09. The molecule has 20 heavy (non-hydrogen) atoms. The van der Waals surface area contributed by atoms with Crippen LogP contribution in [0, 0.1) is 5.92 Å². The minimum atomic E-state index is 0.735. The normalized spacial score (nSPS) is 11.5. The summed E-state index contributed by atoms with van der Waals surface area (Å²) >= 11 is 0. The van der Waals surface area contributed by atoms with Crippen LogP contribution in [0.3, 0.4) is 0 Å². The van der Waals surface area contributed by atoms with Crippen LogP contribution in [0.5, 0.6) is 0 Å². The van der Waals surface area contributed by atoms with Gasteiger partial charge >= 0.3 is 0 Å². The van der Waals surface area contributed by atoms with Gasteiger partial charge in [-0.2, -0.15) is 0 Å².